The van der Waals surface area contributed by atoms with Gasteiger partial charge in [-0.25, -0.2) is 9.78 Å². The third-order valence-electron chi connectivity index (χ3n) is 4.18. The van der Waals surface area contributed by atoms with E-state index >= 15 is 0 Å². The van der Waals surface area contributed by atoms with Crippen LogP contribution < -0.4 is 11.2 Å². The SMILES string of the molecule is CC(=O)CSc1nc2c(c(=O)n(Cc3ccc(C)cc3)c(=O)n2C)n1C. The van der Waals surface area contributed by atoms with Crippen LogP contribution in [0.1, 0.15) is 18.1 Å². The smallest absolute Gasteiger partial charge is 0.316 e. The van der Waals surface area contributed by atoms with Crippen molar-refractivity contribution < 1.29 is 4.79 Å². The van der Waals surface area contributed by atoms with Gasteiger partial charge in [0.2, 0.25) is 0 Å². The van der Waals surface area contributed by atoms with Crippen LogP contribution in [0, 0.1) is 6.92 Å². The van der Waals surface area contributed by atoms with Crippen molar-refractivity contribution in [3.8, 4) is 0 Å². The average Bonchev–Trinajstić information content (AvgIpc) is 2.93. The maximum atomic E-state index is 13.0. The van der Waals surface area contributed by atoms with Gasteiger partial charge in [-0.3, -0.25) is 18.7 Å². The Kier molecular flexibility index (Phi) is 4.86. The van der Waals surface area contributed by atoms with Gasteiger partial charge in [0.1, 0.15) is 5.78 Å². The molecular formula is C18H20N4O3S. The molecule has 0 radical (unpaired) electrons. The molecule has 0 fully saturated rings. The average molecular weight is 372 g/mol. The summed E-state index contributed by atoms with van der Waals surface area (Å²) >= 11 is 1.25. The summed E-state index contributed by atoms with van der Waals surface area (Å²) in [6, 6.07) is 7.71. The zero-order valence-corrected chi connectivity index (χ0v) is 16.0. The molecule has 0 bridgehead atoms. The fourth-order valence-corrected chi connectivity index (χ4v) is 3.50. The number of imidazole rings is 1. The molecule has 0 aliphatic carbocycles. The number of rotatable bonds is 5. The number of carbonyl (C=O) groups is 1. The van der Waals surface area contributed by atoms with Gasteiger partial charge < -0.3 is 4.57 Å². The minimum atomic E-state index is -0.413. The highest BCUT2D eigenvalue weighted by atomic mass is 32.2. The van der Waals surface area contributed by atoms with Crippen molar-refractivity contribution in [2.24, 2.45) is 14.1 Å². The fourth-order valence-electron chi connectivity index (χ4n) is 2.73. The fraction of sp³-hybridized carbons (Fsp3) is 0.333. The Labute approximate surface area is 154 Å². The van der Waals surface area contributed by atoms with Crippen molar-refractivity contribution in [2.45, 2.75) is 25.5 Å². The standard InChI is InChI=1S/C18H20N4O3S/c1-11-5-7-13(8-6-11)9-22-16(24)14-15(21(4)18(22)25)19-17(20(14)3)26-10-12(2)23/h5-8H,9-10H2,1-4H3. The van der Waals surface area contributed by atoms with E-state index in [0.29, 0.717) is 16.3 Å². The van der Waals surface area contributed by atoms with Crippen LogP contribution in [0.3, 0.4) is 0 Å². The molecule has 0 aliphatic heterocycles. The lowest BCUT2D eigenvalue weighted by molar-refractivity contribution is -0.114. The molecule has 0 atom stereocenters. The minimum absolute atomic E-state index is 0.0210. The molecule has 3 aromatic rings. The first kappa shape index (κ1) is 18.2. The zero-order chi connectivity index (χ0) is 19.0. The molecule has 0 aliphatic rings. The van der Waals surface area contributed by atoms with Gasteiger partial charge in [-0.05, 0) is 19.4 Å². The van der Waals surface area contributed by atoms with Gasteiger partial charge in [-0.2, -0.15) is 0 Å². The van der Waals surface area contributed by atoms with Gasteiger partial charge >= 0.3 is 5.69 Å². The van der Waals surface area contributed by atoms with Crippen molar-refractivity contribution in [1.82, 2.24) is 18.7 Å². The first-order valence-electron chi connectivity index (χ1n) is 8.13. The molecule has 136 valence electrons. The van der Waals surface area contributed by atoms with Crippen LogP contribution in [0.15, 0.2) is 39.0 Å². The van der Waals surface area contributed by atoms with E-state index in [4.69, 9.17) is 0 Å². The Bertz CT molecular complexity index is 1110. The molecule has 1 aromatic carbocycles. The number of aromatic nitrogens is 4. The van der Waals surface area contributed by atoms with E-state index < -0.39 is 5.69 Å². The lowest BCUT2D eigenvalue weighted by Gasteiger charge is -2.09. The lowest BCUT2D eigenvalue weighted by Crippen LogP contribution is -2.39. The van der Waals surface area contributed by atoms with E-state index in [-0.39, 0.29) is 23.6 Å². The minimum Gasteiger partial charge on any atom is -0.316 e. The Hall–Kier alpha value is -2.61. The molecule has 2 heterocycles. The summed E-state index contributed by atoms with van der Waals surface area (Å²) < 4.78 is 4.24. The number of fused-ring (bicyclic) bond motifs is 1. The predicted molar refractivity (Wildman–Crippen MR) is 102 cm³/mol. The number of aryl methyl sites for hydroxylation is 3. The second-order valence-electron chi connectivity index (χ2n) is 6.33. The number of hydrogen-bond donors (Lipinski definition) is 0. The molecule has 0 saturated heterocycles. The summed E-state index contributed by atoms with van der Waals surface area (Å²) in [5, 5.41) is 0.537. The lowest BCUT2D eigenvalue weighted by atomic mass is 10.1. The van der Waals surface area contributed by atoms with Crippen LogP contribution in [0.2, 0.25) is 0 Å². The van der Waals surface area contributed by atoms with E-state index in [1.165, 1.54) is 27.8 Å². The molecule has 0 N–H and O–H groups in total. The molecular weight excluding hydrogens is 352 g/mol. The summed E-state index contributed by atoms with van der Waals surface area (Å²) in [6.45, 7) is 3.68. The normalized spacial score (nSPS) is 11.2. The van der Waals surface area contributed by atoms with Crippen LogP contribution in [-0.2, 0) is 25.4 Å². The number of nitrogens with zero attached hydrogens (tertiary/aromatic N) is 4. The van der Waals surface area contributed by atoms with Crippen molar-refractivity contribution in [3.05, 3.63) is 56.2 Å². The van der Waals surface area contributed by atoms with Crippen molar-refractivity contribution in [1.29, 1.82) is 0 Å². The van der Waals surface area contributed by atoms with Crippen LogP contribution in [0.5, 0.6) is 0 Å². The summed E-state index contributed by atoms with van der Waals surface area (Å²) in [5.74, 6) is 0.288. The number of Topliss-reactive ketones (excluding diaryl/α,β-unsaturated/α-hetero) is 1. The zero-order valence-electron chi connectivity index (χ0n) is 15.1. The van der Waals surface area contributed by atoms with E-state index in [1.54, 1.807) is 18.7 Å². The predicted octanol–water partition coefficient (Wildman–Crippen LogP) is 1.47. The van der Waals surface area contributed by atoms with E-state index in [1.807, 2.05) is 31.2 Å². The first-order chi connectivity index (χ1) is 12.3. The highest BCUT2D eigenvalue weighted by molar-refractivity contribution is 7.99. The Morgan fingerprint density at radius 1 is 1.12 bits per heavy atom. The molecule has 2 aromatic heterocycles. The number of thioether (sulfide) groups is 1. The highest BCUT2D eigenvalue weighted by Crippen LogP contribution is 2.20. The summed E-state index contributed by atoms with van der Waals surface area (Å²) in [4.78, 5) is 41.3. The number of carbonyl (C=O) groups excluding carboxylic acids is 1. The summed E-state index contributed by atoms with van der Waals surface area (Å²) in [5.41, 5.74) is 1.88. The molecule has 7 nitrogen and oxygen atoms in total. The van der Waals surface area contributed by atoms with Gasteiger partial charge in [0.25, 0.3) is 5.56 Å². The Balaban J connectivity index is 2.14. The summed E-state index contributed by atoms with van der Waals surface area (Å²) in [6.07, 6.45) is 0. The third kappa shape index (κ3) is 3.24. The maximum absolute atomic E-state index is 13.0. The van der Waals surface area contributed by atoms with Crippen LogP contribution >= 0.6 is 11.8 Å². The molecule has 0 unspecified atom stereocenters. The maximum Gasteiger partial charge on any atom is 0.332 e. The van der Waals surface area contributed by atoms with Crippen molar-refractivity contribution in [2.75, 3.05) is 5.75 Å². The molecule has 0 amide bonds. The van der Waals surface area contributed by atoms with E-state index in [2.05, 4.69) is 4.98 Å². The van der Waals surface area contributed by atoms with Gasteiger partial charge in [0.05, 0.1) is 12.3 Å². The number of ketones is 1. The second-order valence-corrected chi connectivity index (χ2v) is 7.28. The van der Waals surface area contributed by atoms with Gasteiger partial charge in [0.15, 0.2) is 16.3 Å². The molecule has 0 spiro atoms. The molecule has 3 rings (SSSR count). The summed E-state index contributed by atoms with van der Waals surface area (Å²) in [7, 11) is 3.32. The Morgan fingerprint density at radius 2 is 1.77 bits per heavy atom. The van der Waals surface area contributed by atoms with Crippen LogP contribution in [-0.4, -0.2) is 30.2 Å². The molecule has 8 heteroatoms. The van der Waals surface area contributed by atoms with Gasteiger partial charge in [-0.1, -0.05) is 41.6 Å². The van der Waals surface area contributed by atoms with Gasteiger partial charge in [0, 0.05) is 14.1 Å². The monoisotopic (exact) mass is 372 g/mol. The number of benzene rings is 1. The second kappa shape index (κ2) is 6.95. The topological polar surface area (TPSA) is 78.9 Å². The van der Waals surface area contributed by atoms with E-state index in [9.17, 15) is 14.4 Å². The van der Waals surface area contributed by atoms with E-state index in [0.717, 1.165) is 11.1 Å². The van der Waals surface area contributed by atoms with Crippen molar-refractivity contribution >= 4 is 28.7 Å². The molecule has 26 heavy (non-hydrogen) atoms. The van der Waals surface area contributed by atoms with Crippen molar-refractivity contribution in [3.63, 3.8) is 0 Å². The number of hydrogen-bond acceptors (Lipinski definition) is 5. The van der Waals surface area contributed by atoms with Gasteiger partial charge in [-0.15, -0.1) is 0 Å². The van der Waals surface area contributed by atoms with Crippen LogP contribution in [0.4, 0.5) is 0 Å². The Morgan fingerprint density at radius 3 is 2.38 bits per heavy atom. The van der Waals surface area contributed by atoms with Crippen LogP contribution in [0.25, 0.3) is 11.2 Å². The first-order valence-corrected chi connectivity index (χ1v) is 9.12. The third-order valence-corrected chi connectivity index (χ3v) is 5.36. The highest BCUT2D eigenvalue weighted by Gasteiger charge is 2.19. The quantitative estimate of drug-likeness (QED) is 0.634. The molecule has 0 saturated carbocycles. The largest absolute Gasteiger partial charge is 0.332 e.